The monoisotopic (exact) mass is 476 g/mol. The second-order valence-electron chi connectivity index (χ2n) is 9.48. The molecule has 34 heavy (non-hydrogen) atoms. The van der Waals surface area contributed by atoms with Gasteiger partial charge < -0.3 is 9.47 Å². The van der Waals surface area contributed by atoms with Crippen molar-refractivity contribution in [2.45, 2.75) is 109 Å². The smallest absolute Gasteiger partial charge is 0.306 e. The van der Waals surface area contributed by atoms with Crippen LogP contribution >= 0.6 is 0 Å². The van der Waals surface area contributed by atoms with Crippen molar-refractivity contribution in [3.8, 4) is 0 Å². The molecule has 1 rings (SSSR count). The summed E-state index contributed by atoms with van der Waals surface area (Å²) >= 11 is 0. The summed E-state index contributed by atoms with van der Waals surface area (Å²) < 4.78 is 11.0. The Morgan fingerprint density at radius 1 is 0.824 bits per heavy atom. The average molecular weight is 477 g/mol. The molecule has 0 spiro atoms. The molecule has 1 saturated carbocycles. The van der Waals surface area contributed by atoms with Crippen LogP contribution in [0.3, 0.4) is 0 Å². The van der Waals surface area contributed by atoms with E-state index in [1.165, 1.54) is 31.4 Å². The average Bonchev–Trinajstić information content (AvgIpc) is 2.82. The first kappa shape index (κ1) is 29.8. The van der Waals surface area contributed by atoms with Gasteiger partial charge in [0.25, 0.3) is 0 Å². The van der Waals surface area contributed by atoms with Crippen LogP contribution in [0.15, 0.2) is 25.3 Å². The normalized spacial score (nSPS) is 18.5. The van der Waals surface area contributed by atoms with Crippen LogP contribution in [0.2, 0.25) is 0 Å². The van der Waals surface area contributed by atoms with E-state index in [-0.39, 0.29) is 48.9 Å². The van der Waals surface area contributed by atoms with Crippen molar-refractivity contribution in [2.24, 2.45) is 11.8 Å². The zero-order valence-corrected chi connectivity index (χ0v) is 21.1. The maximum Gasteiger partial charge on any atom is 0.306 e. The molecule has 0 aliphatic heterocycles. The Hall–Kier alpha value is -2.24. The third kappa shape index (κ3) is 14.1. The minimum Gasteiger partial charge on any atom is -0.466 e. The molecule has 1 fully saturated rings. The molecule has 0 N–H and O–H groups in total. The minimum absolute atomic E-state index is 0.0134. The summed E-state index contributed by atoms with van der Waals surface area (Å²) in [5, 5.41) is 0. The molecule has 1 aliphatic rings. The molecule has 1 aliphatic carbocycles. The first-order chi connectivity index (χ1) is 16.4. The molecule has 0 saturated heterocycles. The Bertz CT molecular complexity index is 660. The van der Waals surface area contributed by atoms with Gasteiger partial charge in [0.15, 0.2) is 11.6 Å². The predicted molar refractivity (Wildman–Crippen MR) is 133 cm³/mol. The number of hydrogen-bond donors (Lipinski definition) is 0. The van der Waals surface area contributed by atoms with E-state index < -0.39 is 5.92 Å². The lowest BCUT2D eigenvalue weighted by molar-refractivity contribution is -0.153. The second kappa shape index (κ2) is 18.1. The maximum atomic E-state index is 12.5. The number of carbonyl (C=O) groups is 4. The number of carbonyl (C=O) groups excluding carboxylic acids is 4. The van der Waals surface area contributed by atoms with Gasteiger partial charge in [-0.1, -0.05) is 52.2 Å². The van der Waals surface area contributed by atoms with Crippen LogP contribution in [0.25, 0.3) is 0 Å². The molecule has 1 unspecified atom stereocenters. The first-order valence-electron chi connectivity index (χ1n) is 13.0. The largest absolute Gasteiger partial charge is 0.466 e. The number of hydrogen-bond acceptors (Lipinski definition) is 6. The van der Waals surface area contributed by atoms with Crippen LogP contribution < -0.4 is 0 Å². The van der Waals surface area contributed by atoms with Crippen molar-refractivity contribution >= 4 is 23.5 Å². The molecule has 0 bridgehead atoms. The summed E-state index contributed by atoms with van der Waals surface area (Å²) in [6.45, 7) is 9.54. The SMILES string of the molecule is C=CC(=O)CCC1CCC(OC(=O)CC(CC(=O)C=C)CC(=O)OCCCCCCCC)CC1. The Balaban J connectivity index is 2.38. The molecule has 0 aromatic heterocycles. The van der Waals surface area contributed by atoms with Gasteiger partial charge >= 0.3 is 11.9 Å². The predicted octanol–water partition coefficient (Wildman–Crippen LogP) is 6.07. The molecular weight excluding hydrogens is 432 g/mol. The highest BCUT2D eigenvalue weighted by Gasteiger charge is 2.27. The molecule has 1 atom stereocenters. The minimum atomic E-state index is -0.448. The van der Waals surface area contributed by atoms with Gasteiger partial charge in [-0.2, -0.15) is 0 Å². The summed E-state index contributed by atoms with van der Waals surface area (Å²) in [4.78, 5) is 48.1. The zero-order chi connectivity index (χ0) is 25.2. The van der Waals surface area contributed by atoms with Gasteiger partial charge in [-0.05, 0) is 62.5 Å². The van der Waals surface area contributed by atoms with E-state index in [4.69, 9.17) is 9.47 Å². The van der Waals surface area contributed by atoms with E-state index in [0.29, 0.717) is 18.9 Å². The maximum absolute atomic E-state index is 12.5. The van der Waals surface area contributed by atoms with Gasteiger partial charge in [0.2, 0.25) is 0 Å². The number of unbranched alkanes of at least 4 members (excludes halogenated alkanes) is 5. The number of ether oxygens (including phenoxy) is 2. The van der Waals surface area contributed by atoms with Crippen molar-refractivity contribution in [1.82, 2.24) is 0 Å². The topological polar surface area (TPSA) is 86.7 Å². The van der Waals surface area contributed by atoms with Crippen molar-refractivity contribution in [1.29, 1.82) is 0 Å². The van der Waals surface area contributed by atoms with Gasteiger partial charge in [0, 0.05) is 25.7 Å². The Labute approximate surface area is 205 Å². The van der Waals surface area contributed by atoms with Gasteiger partial charge in [-0.15, -0.1) is 0 Å². The third-order valence-electron chi connectivity index (χ3n) is 6.51. The van der Waals surface area contributed by atoms with Crippen LogP contribution in [0.1, 0.15) is 103 Å². The van der Waals surface area contributed by atoms with Crippen LogP contribution in [0.4, 0.5) is 0 Å². The lowest BCUT2D eigenvalue weighted by Gasteiger charge is -2.28. The number of esters is 2. The van der Waals surface area contributed by atoms with Gasteiger partial charge in [-0.3, -0.25) is 19.2 Å². The molecule has 0 heterocycles. The third-order valence-corrected chi connectivity index (χ3v) is 6.51. The van der Waals surface area contributed by atoms with E-state index in [9.17, 15) is 19.2 Å². The fourth-order valence-corrected chi connectivity index (χ4v) is 4.40. The highest BCUT2D eigenvalue weighted by Crippen LogP contribution is 2.30. The summed E-state index contributed by atoms with van der Waals surface area (Å²) in [5.74, 6) is -0.863. The Kier molecular flexibility index (Phi) is 15.9. The number of allylic oxidation sites excluding steroid dienone is 2. The van der Waals surface area contributed by atoms with Crippen molar-refractivity contribution in [3.63, 3.8) is 0 Å². The molecule has 0 radical (unpaired) electrons. The lowest BCUT2D eigenvalue weighted by atomic mass is 9.84. The molecule has 0 aromatic carbocycles. The summed E-state index contributed by atoms with van der Waals surface area (Å²) in [6, 6.07) is 0. The van der Waals surface area contributed by atoms with E-state index in [1.54, 1.807) is 0 Å². The van der Waals surface area contributed by atoms with Gasteiger partial charge in [0.05, 0.1) is 6.61 Å². The van der Waals surface area contributed by atoms with E-state index >= 15 is 0 Å². The Morgan fingerprint density at radius 2 is 1.44 bits per heavy atom. The quantitative estimate of drug-likeness (QED) is 0.128. The standard InChI is InChI=1S/C28H44O6/c1-4-7-8-9-10-11-18-33-27(31)20-23(19-25(30)6-3)21-28(32)34-26-16-13-22(14-17-26)12-15-24(29)5-2/h5-6,22-23,26H,2-4,7-21H2,1H3. The molecule has 0 amide bonds. The van der Waals surface area contributed by atoms with Crippen molar-refractivity contribution in [3.05, 3.63) is 25.3 Å². The summed E-state index contributed by atoms with van der Waals surface area (Å²) in [5.41, 5.74) is 0. The number of rotatable bonds is 19. The van der Waals surface area contributed by atoms with E-state index in [1.807, 2.05) is 0 Å². The number of ketones is 2. The van der Waals surface area contributed by atoms with Gasteiger partial charge in [-0.25, -0.2) is 0 Å². The van der Waals surface area contributed by atoms with Gasteiger partial charge in [0.1, 0.15) is 6.10 Å². The van der Waals surface area contributed by atoms with Crippen LogP contribution in [-0.4, -0.2) is 36.2 Å². The molecule has 6 nitrogen and oxygen atoms in total. The summed E-state index contributed by atoms with van der Waals surface area (Å²) in [6.07, 6.45) is 13.9. The molecular formula is C28H44O6. The fraction of sp³-hybridized carbons (Fsp3) is 0.714. The molecule has 6 heteroatoms. The van der Waals surface area contributed by atoms with Crippen molar-refractivity contribution < 1.29 is 28.7 Å². The van der Waals surface area contributed by atoms with Crippen molar-refractivity contribution in [2.75, 3.05) is 6.61 Å². The van der Waals surface area contributed by atoms with Crippen LogP contribution in [0.5, 0.6) is 0 Å². The molecule has 0 aromatic rings. The highest BCUT2D eigenvalue weighted by atomic mass is 16.5. The van der Waals surface area contributed by atoms with E-state index in [0.717, 1.165) is 51.4 Å². The fourth-order valence-electron chi connectivity index (χ4n) is 4.40. The second-order valence-corrected chi connectivity index (χ2v) is 9.48. The zero-order valence-electron chi connectivity index (χ0n) is 21.1. The molecule has 192 valence electrons. The lowest BCUT2D eigenvalue weighted by Crippen LogP contribution is -2.26. The highest BCUT2D eigenvalue weighted by molar-refractivity contribution is 5.90. The Morgan fingerprint density at radius 3 is 2.09 bits per heavy atom. The van der Waals surface area contributed by atoms with Crippen LogP contribution in [-0.2, 0) is 28.7 Å². The van der Waals surface area contributed by atoms with E-state index in [2.05, 4.69) is 20.1 Å². The first-order valence-corrected chi connectivity index (χ1v) is 13.0. The van der Waals surface area contributed by atoms with Crippen LogP contribution in [0, 0.1) is 11.8 Å². The summed E-state index contributed by atoms with van der Waals surface area (Å²) in [7, 11) is 0.